The first kappa shape index (κ1) is 20.5. The average molecular weight is 375 g/mol. The Morgan fingerprint density at radius 3 is 2.59 bits per heavy atom. The quantitative estimate of drug-likeness (QED) is 0.271. The van der Waals surface area contributed by atoms with E-state index in [0.717, 1.165) is 19.4 Å². The van der Waals surface area contributed by atoms with E-state index in [0.29, 0.717) is 43.5 Å². The van der Waals surface area contributed by atoms with Gasteiger partial charge in [0.05, 0.1) is 13.7 Å². The Morgan fingerprint density at radius 2 is 1.89 bits per heavy atom. The fourth-order valence-corrected chi connectivity index (χ4v) is 2.40. The van der Waals surface area contributed by atoms with Crippen LogP contribution in [0, 0.1) is 5.92 Å². The van der Waals surface area contributed by atoms with Crippen LogP contribution in [-0.2, 0) is 4.79 Å². The number of hydrogen-bond acceptors (Lipinski definition) is 4. The van der Waals surface area contributed by atoms with Crippen molar-refractivity contribution in [3.8, 4) is 5.75 Å². The zero-order valence-corrected chi connectivity index (χ0v) is 16.0. The van der Waals surface area contributed by atoms with Gasteiger partial charge in [-0.3, -0.25) is 14.6 Å². The summed E-state index contributed by atoms with van der Waals surface area (Å²) >= 11 is 0. The van der Waals surface area contributed by atoms with E-state index in [2.05, 4.69) is 26.3 Å². The first-order valence-electron chi connectivity index (χ1n) is 9.36. The summed E-state index contributed by atoms with van der Waals surface area (Å²) in [7, 11) is 1.57. The van der Waals surface area contributed by atoms with E-state index in [1.807, 2.05) is 6.92 Å². The second kappa shape index (κ2) is 11.1. The maximum atomic E-state index is 12.1. The van der Waals surface area contributed by atoms with Crippen molar-refractivity contribution in [1.82, 2.24) is 21.3 Å². The van der Waals surface area contributed by atoms with Crippen LogP contribution in [0.15, 0.2) is 29.3 Å². The van der Waals surface area contributed by atoms with Crippen LogP contribution in [0.1, 0.15) is 30.1 Å². The number of methoxy groups -OCH3 is 1. The van der Waals surface area contributed by atoms with Crippen molar-refractivity contribution in [1.29, 1.82) is 0 Å². The monoisotopic (exact) mass is 375 g/mol. The molecule has 4 N–H and O–H groups in total. The minimum atomic E-state index is -0.152. The number of nitrogens with one attached hydrogen (secondary N) is 4. The molecule has 0 unspecified atom stereocenters. The van der Waals surface area contributed by atoms with E-state index in [1.165, 1.54) is 0 Å². The summed E-state index contributed by atoms with van der Waals surface area (Å²) in [5.74, 6) is 1.50. The molecule has 0 aromatic heterocycles. The molecule has 2 amide bonds. The molecule has 0 atom stereocenters. The number of rotatable bonds is 10. The molecule has 2 rings (SSSR count). The first-order valence-corrected chi connectivity index (χ1v) is 9.36. The number of ether oxygens (including phenoxy) is 1. The smallest absolute Gasteiger partial charge is 0.251 e. The molecule has 8 heteroatoms. The van der Waals surface area contributed by atoms with Gasteiger partial charge in [0.2, 0.25) is 5.91 Å². The summed E-state index contributed by atoms with van der Waals surface area (Å²) in [6.45, 7) is 4.74. The molecule has 0 bridgehead atoms. The molecule has 1 aromatic carbocycles. The zero-order chi connectivity index (χ0) is 19.5. The minimum absolute atomic E-state index is 0.128. The molecule has 27 heavy (non-hydrogen) atoms. The molecular weight excluding hydrogens is 346 g/mol. The van der Waals surface area contributed by atoms with Gasteiger partial charge in [-0.1, -0.05) is 6.07 Å². The summed E-state index contributed by atoms with van der Waals surface area (Å²) < 4.78 is 5.12. The van der Waals surface area contributed by atoms with Crippen LogP contribution in [0.25, 0.3) is 0 Å². The Balaban J connectivity index is 1.67. The normalized spacial score (nSPS) is 13.6. The lowest BCUT2D eigenvalue weighted by molar-refractivity contribution is -0.122. The van der Waals surface area contributed by atoms with Gasteiger partial charge in [0.1, 0.15) is 5.75 Å². The fourth-order valence-electron chi connectivity index (χ4n) is 2.40. The Morgan fingerprint density at radius 1 is 1.11 bits per heavy atom. The molecule has 1 aromatic rings. The largest absolute Gasteiger partial charge is 0.497 e. The number of carbonyl (C=O) groups excluding carboxylic acids is 2. The van der Waals surface area contributed by atoms with Gasteiger partial charge in [-0.25, -0.2) is 0 Å². The van der Waals surface area contributed by atoms with Crippen LogP contribution < -0.4 is 26.0 Å². The van der Waals surface area contributed by atoms with E-state index in [9.17, 15) is 9.59 Å². The van der Waals surface area contributed by atoms with E-state index in [4.69, 9.17) is 4.74 Å². The maximum Gasteiger partial charge on any atom is 0.251 e. The van der Waals surface area contributed by atoms with Gasteiger partial charge in [-0.05, 0) is 38.0 Å². The number of benzene rings is 1. The Hall–Kier alpha value is -2.77. The predicted molar refractivity (Wildman–Crippen MR) is 105 cm³/mol. The highest BCUT2D eigenvalue weighted by Crippen LogP contribution is 2.28. The summed E-state index contributed by atoms with van der Waals surface area (Å²) in [4.78, 5) is 28.1. The van der Waals surface area contributed by atoms with Crippen LogP contribution in [0.4, 0.5) is 0 Å². The molecule has 148 valence electrons. The standard InChI is InChI=1S/C19H29N5O3/c1-3-20-19(23-11-9-21-17(25)14-7-8-14)24-12-10-22-18(26)15-5-4-6-16(13-15)27-2/h4-6,13-14H,3,7-12H2,1-2H3,(H,21,25)(H,22,26)(H2,20,23,24). The number of guanidine groups is 1. The third-order valence-corrected chi connectivity index (χ3v) is 4.01. The molecule has 1 fully saturated rings. The molecule has 0 radical (unpaired) electrons. The fraction of sp³-hybridized carbons (Fsp3) is 0.526. The highest BCUT2D eigenvalue weighted by Gasteiger charge is 2.28. The predicted octanol–water partition coefficient (Wildman–Crippen LogP) is 0.506. The average Bonchev–Trinajstić information content (AvgIpc) is 3.53. The van der Waals surface area contributed by atoms with Gasteiger partial charge in [0.25, 0.3) is 5.91 Å². The van der Waals surface area contributed by atoms with Crippen LogP contribution in [0.3, 0.4) is 0 Å². The van der Waals surface area contributed by atoms with Crippen molar-refractivity contribution in [2.75, 3.05) is 39.8 Å². The minimum Gasteiger partial charge on any atom is -0.497 e. The van der Waals surface area contributed by atoms with Gasteiger partial charge in [0.15, 0.2) is 5.96 Å². The van der Waals surface area contributed by atoms with Gasteiger partial charge < -0.3 is 26.0 Å². The van der Waals surface area contributed by atoms with Crippen molar-refractivity contribution in [3.63, 3.8) is 0 Å². The highest BCUT2D eigenvalue weighted by molar-refractivity contribution is 5.94. The lowest BCUT2D eigenvalue weighted by atomic mass is 10.2. The van der Waals surface area contributed by atoms with Gasteiger partial charge in [-0.15, -0.1) is 0 Å². The van der Waals surface area contributed by atoms with Crippen molar-refractivity contribution in [2.24, 2.45) is 10.9 Å². The molecule has 0 saturated heterocycles. The molecule has 8 nitrogen and oxygen atoms in total. The maximum absolute atomic E-state index is 12.1. The van der Waals surface area contributed by atoms with Gasteiger partial charge in [-0.2, -0.15) is 0 Å². The van der Waals surface area contributed by atoms with Crippen molar-refractivity contribution >= 4 is 17.8 Å². The molecular formula is C19H29N5O3. The third kappa shape index (κ3) is 7.55. The summed E-state index contributed by atoms with van der Waals surface area (Å²) in [5, 5.41) is 12.0. The molecule has 1 aliphatic carbocycles. The Labute approximate surface area is 160 Å². The van der Waals surface area contributed by atoms with E-state index < -0.39 is 0 Å². The van der Waals surface area contributed by atoms with Gasteiger partial charge in [0, 0.05) is 37.7 Å². The van der Waals surface area contributed by atoms with E-state index in [1.54, 1.807) is 31.4 Å². The summed E-state index contributed by atoms with van der Waals surface area (Å²) in [5.41, 5.74) is 0.557. The Kier molecular flexibility index (Phi) is 8.41. The van der Waals surface area contributed by atoms with Gasteiger partial charge >= 0.3 is 0 Å². The second-order valence-electron chi connectivity index (χ2n) is 6.24. The first-order chi connectivity index (χ1) is 13.1. The third-order valence-electron chi connectivity index (χ3n) is 4.01. The van der Waals surface area contributed by atoms with Crippen molar-refractivity contribution < 1.29 is 14.3 Å². The molecule has 0 spiro atoms. The number of carbonyl (C=O) groups is 2. The number of nitrogens with zero attached hydrogens (tertiary/aromatic N) is 1. The van der Waals surface area contributed by atoms with Crippen molar-refractivity contribution in [2.45, 2.75) is 19.8 Å². The van der Waals surface area contributed by atoms with E-state index in [-0.39, 0.29) is 17.7 Å². The molecule has 0 heterocycles. The lowest BCUT2D eigenvalue weighted by Crippen LogP contribution is -2.42. The number of amides is 2. The zero-order valence-electron chi connectivity index (χ0n) is 16.0. The summed E-state index contributed by atoms with van der Waals surface area (Å²) in [6.07, 6.45) is 2.00. The van der Waals surface area contributed by atoms with Crippen molar-refractivity contribution in [3.05, 3.63) is 29.8 Å². The van der Waals surface area contributed by atoms with Crippen LogP contribution in [0.2, 0.25) is 0 Å². The SMILES string of the molecule is CCNC(=NCCNC(=O)C1CC1)NCCNC(=O)c1cccc(OC)c1. The topological polar surface area (TPSA) is 104 Å². The van der Waals surface area contributed by atoms with Crippen LogP contribution in [-0.4, -0.2) is 57.6 Å². The number of hydrogen-bond donors (Lipinski definition) is 4. The Bertz CT molecular complexity index is 659. The number of aliphatic imine (C=N–C) groups is 1. The molecule has 0 aliphatic heterocycles. The molecule has 1 saturated carbocycles. The molecule has 1 aliphatic rings. The lowest BCUT2D eigenvalue weighted by Gasteiger charge is -2.12. The highest BCUT2D eigenvalue weighted by atomic mass is 16.5. The van der Waals surface area contributed by atoms with E-state index >= 15 is 0 Å². The van der Waals surface area contributed by atoms with Crippen LogP contribution >= 0.6 is 0 Å². The second-order valence-corrected chi connectivity index (χ2v) is 6.24. The van der Waals surface area contributed by atoms with Crippen LogP contribution in [0.5, 0.6) is 5.75 Å². The summed E-state index contributed by atoms with van der Waals surface area (Å²) in [6, 6.07) is 7.02.